The van der Waals surface area contributed by atoms with Crippen molar-refractivity contribution in [2.75, 3.05) is 6.61 Å². The maximum absolute atomic E-state index is 9.37. The molecule has 0 aliphatic heterocycles. The molecule has 2 rings (SSSR count). The van der Waals surface area contributed by atoms with Crippen LogP contribution in [0.25, 0.3) is 0 Å². The molecule has 1 aromatic rings. The van der Waals surface area contributed by atoms with Gasteiger partial charge in [0.1, 0.15) is 0 Å². The molecule has 0 spiro atoms. The first-order valence-corrected chi connectivity index (χ1v) is 7.43. The smallest absolute Gasteiger partial charge is 0.0437 e. The molecule has 19 heavy (non-hydrogen) atoms. The summed E-state index contributed by atoms with van der Waals surface area (Å²) in [4.78, 5) is 0. The van der Waals surface area contributed by atoms with E-state index >= 15 is 0 Å². The van der Waals surface area contributed by atoms with Gasteiger partial charge in [0.25, 0.3) is 0 Å². The third-order valence-corrected chi connectivity index (χ3v) is 5.17. The lowest BCUT2D eigenvalue weighted by atomic mass is 9.59. The molecule has 3 N–H and O–H groups in total. The predicted octanol–water partition coefficient (Wildman–Crippen LogP) is 3.45. The van der Waals surface area contributed by atoms with Gasteiger partial charge in [-0.1, -0.05) is 30.3 Å². The largest absolute Gasteiger partial charge is 0.396 e. The van der Waals surface area contributed by atoms with Crippen molar-refractivity contribution in [2.24, 2.45) is 11.1 Å². The summed E-state index contributed by atoms with van der Waals surface area (Å²) in [5.74, 6) is 0.662. The van der Waals surface area contributed by atoms with Crippen molar-refractivity contribution in [3.05, 3.63) is 35.9 Å². The standard InChI is InChI=1S/C17H27NO/c1-16(2,18)17(12-13-19)10-8-15(9-11-17)14-6-4-3-5-7-14/h3-7,15,19H,8-13,18H2,1-2H3. The fourth-order valence-electron chi connectivity index (χ4n) is 3.66. The molecule has 0 radical (unpaired) electrons. The highest BCUT2D eigenvalue weighted by Crippen LogP contribution is 2.50. The highest BCUT2D eigenvalue weighted by Gasteiger charge is 2.44. The second-order valence-electron chi connectivity index (χ2n) is 6.66. The predicted molar refractivity (Wildman–Crippen MR) is 80.1 cm³/mol. The van der Waals surface area contributed by atoms with Gasteiger partial charge in [-0.05, 0) is 62.8 Å². The van der Waals surface area contributed by atoms with Crippen molar-refractivity contribution in [1.29, 1.82) is 0 Å². The van der Waals surface area contributed by atoms with Crippen LogP contribution in [-0.2, 0) is 0 Å². The molecule has 2 heteroatoms. The topological polar surface area (TPSA) is 46.2 Å². The monoisotopic (exact) mass is 261 g/mol. The first-order valence-electron chi connectivity index (χ1n) is 7.43. The zero-order valence-corrected chi connectivity index (χ0v) is 12.2. The fourth-order valence-corrected chi connectivity index (χ4v) is 3.66. The van der Waals surface area contributed by atoms with Crippen LogP contribution in [0, 0.1) is 5.41 Å². The van der Waals surface area contributed by atoms with Crippen LogP contribution < -0.4 is 5.73 Å². The zero-order chi connectivity index (χ0) is 13.9. The highest BCUT2D eigenvalue weighted by atomic mass is 16.3. The molecule has 0 unspecified atom stereocenters. The van der Waals surface area contributed by atoms with E-state index in [-0.39, 0.29) is 17.6 Å². The van der Waals surface area contributed by atoms with Gasteiger partial charge in [0, 0.05) is 12.1 Å². The molecule has 0 atom stereocenters. The molecular formula is C17H27NO. The molecule has 2 nitrogen and oxygen atoms in total. The average molecular weight is 261 g/mol. The third kappa shape index (κ3) is 3.01. The van der Waals surface area contributed by atoms with Gasteiger partial charge < -0.3 is 10.8 Å². The molecule has 1 fully saturated rings. The second kappa shape index (κ2) is 5.64. The Labute approximate surface area is 117 Å². The van der Waals surface area contributed by atoms with Crippen LogP contribution in [0.4, 0.5) is 0 Å². The van der Waals surface area contributed by atoms with Crippen LogP contribution in [0.5, 0.6) is 0 Å². The van der Waals surface area contributed by atoms with Crippen molar-refractivity contribution in [1.82, 2.24) is 0 Å². The van der Waals surface area contributed by atoms with Crippen LogP contribution in [0.3, 0.4) is 0 Å². The Kier molecular flexibility index (Phi) is 4.32. The van der Waals surface area contributed by atoms with Gasteiger partial charge >= 0.3 is 0 Å². The average Bonchev–Trinajstić information content (AvgIpc) is 2.40. The van der Waals surface area contributed by atoms with Crippen molar-refractivity contribution in [3.63, 3.8) is 0 Å². The van der Waals surface area contributed by atoms with Crippen molar-refractivity contribution in [3.8, 4) is 0 Å². The van der Waals surface area contributed by atoms with Gasteiger partial charge in [-0.25, -0.2) is 0 Å². The Morgan fingerprint density at radius 1 is 1.21 bits per heavy atom. The van der Waals surface area contributed by atoms with Crippen molar-refractivity contribution < 1.29 is 5.11 Å². The Morgan fingerprint density at radius 3 is 2.26 bits per heavy atom. The molecule has 1 aliphatic carbocycles. The summed E-state index contributed by atoms with van der Waals surface area (Å²) in [7, 11) is 0. The number of nitrogens with two attached hydrogens (primary N) is 1. The first kappa shape index (κ1) is 14.5. The second-order valence-corrected chi connectivity index (χ2v) is 6.66. The lowest BCUT2D eigenvalue weighted by Crippen LogP contribution is -2.52. The number of hydrogen-bond donors (Lipinski definition) is 2. The summed E-state index contributed by atoms with van der Waals surface area (Å²) in [6.45, 7) is 4.48. The van der Waals surface area contributed by atoms with E-state index in [1.165, 1.54) is 18.4 Å². The minimum Gasteiger partial charge on any atom is -0.396 e. The molecule has 106 valence electrons. The van der Waals surface area contributed by atoms with E-state index in [0.29, 0.717) is 5.92 Å². The minimum absolute atomic E-state index is 0.104. The maximum Gasteiger partial charge on any atom is 0.0437 e. The van der Waals surface area contributed by atoms with Gasteiger partial charge in [-0.2, -0.15) is 0 Å². The van der Waals surface area contributed by atoms with E-state index in [0.717, 1.165) is 19.3 Å². The Balaban J connectivity index is 2.08. The molecule has 0 aromatic heterocycles. The summed E-state index contributed by atoms with van der Waals surface area (Å²) in [6, 6.07) is 10.8. The van der Waals surface area contributed by atoms with Crippen LogP contribution in [0.1, 0.15) is 57.4 Å². The highest BCUT2D eigenvalue weighted by molar-refractivity contribution is 5.20. The van der Waals surface area contributed by atoms with E-state index in [9.17, 15) is 5.11 Å². The van der Waals surface area contributed by atoms with Crippen LogP contribution in [-0.4, -0.2) is 17.3 Å². The normalized spacial score (nSPS) is 28.3. The molecule has 0 saturated heterocycles. The van der Waals surface area contributed by atoms with Gasteiger partial charge in [-0.3, -0.25) is 0 Å². The number of hydrogen-bond acceptors (Lipinski definition) is 2. The zero-order valence-electron chi connectivity index (χ0n) is 12.2. The van der Waals surface area contributed by atoms with E-state index in [2.05, 4.69) is 44.2 Å². The minimum atomic E-state index is -0.211. The van der Waals surface area contributed by atoms with Crippen molar-refractivity contribution in [2.45, 2.75) is 57.4 Å². The van der Waals surface area contributed by atoms with Gasteiger partial charge in [0.2, 0.25) is 0 Å². The van der Waals surface area contributed by atoms with Gasteiger partial charge in [-0.15, -0.1) is 0 Å². The summed E-state index contributed by atoms with van der Waals surface area (Å²) in [5.41, 5.74) is 7.75. The summed E-state index contributed by atoms with van der Waals surface area (Å²) < 4.78 is 0. The lowest BCUT2D eigenvalue weighted by Gasteiger charge is -2.49. The summed E-state index contributed by atoms with van der Waals surface area (Å²) in [5, 5.41) is 9.37. The summed E-state index contributed by atoms with van der Waals surface area (Å²) in [6.07, 6.45) is 5.44. The van der Waals surface area contributed by atoms with Gasteiger partial charge in [0.05, 0.1) is 0 Å². The molecule has 0 heterocycles. The van der Waals surface area contributed by atoms with Crippen LogP contribution in [0.2, 0.25) is 0 Å². The Hall–Kier alpha value is -0.860. The Bertz CT molecular complexity index is 385. The quantitative estimate of drug-likeness (QED) is 0.872. The molecule has 0 bridgehead atoms. The van der Waals surface area contributed by atoms with Crippen LogP contribution in [0.15, 0.2) is 30.3 Å². The van der Waals surface area contributed by atoms with Crippen molar-refractivity contribution >= 4 is 0 Å². The maximum atomic E-state index is 9.37. The number of rotatable bonds is 4. The number of benzene rings is 1. The lowest BCUT2D eigenvalue weighted by molar-refractivity contribution is 0.0498. The number of aliphatic hydroxyl groups excluding tert-OH is 1. The molecule has 0 amide bonds. The SMILES string of the molecule is CC(C)(N)C1(CCO)CCC(c2ccccc2)CC1. The van der Waals surface area contributed by atoms with Crippen LogP contribution >= 0.6 is 0 Å². The fraction of sp³-hybridized carbons (Fsp3) is 0.647. The van der Waals surface area contributed by atoms with E-state index in [1.807, 2.05) is 0 Å². The van der Waals surface area contributed by atoms with Gasteiger partial charge in [0.15, 0.2) is 0 Å². The van der Waals surface area contributed by atoms with E-state index in [4.69, 9.17) is 5.73 Å². The van der Waals surface area contributed by atoms with E-state index < -0.39 is 0 Å². The molecule has 1 aromatic carbocycles. The molecule has 1 saturated carbocycles. The Morgan fingerprint density at radius 2 is 1.79 bits per heavy atom. The van der Waals surface area contributed by atoms with E-state index in [1.54, 1.807) is 0 Å². The first-order chi connectivity index (χ1) is 8.98. The molecule has 1 aliphatic rings. The number of aliphatic hydroxyl groups is 1. The summed E-state index contributed by atoms with van der Waals surface area (Å²) >= 11 is 0. The third-order valence-electron chi connectivity index (χ3n) is 5.17. The molecular weight excluding hydrogens is 234 g/mol.